The Kier molecular flexibility index (Phi) is 6.42. The molecule has 0 N–H and O–H groups in total. The number of amides is 1. The first-order valence-corrected chi connectivity index (χ1v) is 10.1. The van der Waals surface area contributed by atoms with Crippen LogP contribution in [0.15, 0.2) is 47.1 Å². The summed E-state index contributed by atoms with van der Waals surface area (Å²) in [4.78, 5) is 30.8. The Morgan fingerprint density at radius 3 is 3.00 bits per heavy atom. The van der Waals surface area contributed by atoms with Crippen LogP contribution in [0, 0.1) is 0 Å². The number of benzene rings is 1. The molecule has 2 aromatic heterocycles. The summed E-state index contributed by atoms with van der Waals surface area (Å²) in [6.45, 7) is 3.17. The molecule has 1 saturated heterocycles. The van der Waals surface area contributed by atoms with E-state index in [4.69, 9.17) is 18.7 Å². The van der Waals surface area contributed by atoms with Crippen LogP contribution < -0.4 is 4.74 Å². The number of rotatable bonds is 7. The predicted molar refractivity (Wildman–Crippen MR) is 109 cm³/mol. The summed E-state index contributed by atoms with van der Waals surface area (Å²) in [5.41, 5.74) is 0.904. The highest BCUT2D eigenvalue weighted by Gasteiger charge is 2.32. The Morgan fingerprint density at radius 2 is 2.13 bits per heavy atom. The molecular formula is C22H23N3O6. The third-order valence-corrected chi connectivity index (χ3v) is 4.94. The zero-order valence-corrected chi connectivity index (χ0v) is 17.2. The fourth-order valence-corrected chi connectivity index (χ4v) is 3.47. The second-order valence-electron chi connectivity index (χ2n) is 7.03. The van der Waals surface area contributed by atoms with Gasteiger partial charge in [-0.15, -0.1) is 0 Å². The standard InChI is InChI=1S/C22H23N3O6/c1-2-29-20(26)11-16-13-28-10-9-25(16)22(27)18-12-17(31-24-18)14-30-19-7-3-5-15-6-4-8-23-21(15)19/h3-8,12,16H,2,9-11,13-14H2,1H3/t16-/m0/s1. The molecule has 1 fully saturated rings. The average molecular weight is 425 g/mol. The smallest absolute Gasteiger partial charge is 0.307 e. The molecule has 1 amide bonds. The van der Waals surface area contributed by atoms with Crippen molar-refractivity contribution in [2.24, 2.45) is 0 Å². The molecule has 9 heteroatoms. The second kappa shape index (κ2) is 9.57. The normalized spacial score (nSPS) is 16.3. The molecule has 0 radical (unpaired) electrons. The molecule has 162 valence electrons. The molecule has 31 heavy (non-hydrogen) atoms. The van der Waals surface area contributed by atoms with Gasteiger partial charge in [0.1, 0.15) is 17.9 Å². The summed E-state index contributed by atoms with van der Waals surface area (Å²) in [5.74, 6) is 0.338. The van der Waals surface area contributed by atoms with E-state index < -0.39 is 6.04 Å². The third kappa shape index (κ3) is 4.83. The Bertz CT molecular complexity index is 1060. The van der Waals surface area contributed by atoms with E-state index in [2.05, 4.69) is 10.1 Å². The number of pyridine rings is 1. The Labute approximate surface area is 178 Å². The minimum absolute atomic E-state index is 0.0709. The van der Waals surface area contributed by atoms with E-state index >= 15 is 0 Å². The van der Waals surface area contributed by atoms with E-state index in [1.165, 1.54) is 0 Å². The highest BCUT2D eigenvalue weighted by Crippen LogP contribution is 2.24. The van der Waals surface area contributed by atoms with E-state index in [1.807, 2.05) is 30.3 Å². The quantitative estimate of drug-likeness (QED) is 0.532. The van der Waals surface area contributed by atoms with Gasteiger partial charge in [0.25, 0.3) is 5.91 Å². The van der Waals surface area contributed by atoms with Gasteiger partial charge in [0.05, 0.1) is 32.3 Å². The van der Waals surface area contributed by atoms with Crippen LogP contribution in [0.3, 0.4) is 0 Å². The van der Waals surface area contributed by atoms with Crippen LogP contribution in [0.5, 0.6) is 5.75 Å². The molecule has 9 nitrogen and oxygen atoms in total. The Hall–Kier alpha value is -3.46. The van der Waals surface area contributed by atoms with Crippen molar-refractivity contribution in [3.8, 4) is 5.75 Å². The molecule has 1 atom stereocenters. The van der Waals surface area contributed by atoms with Crippen molar-refractivity contribution in [3.05, 3.63) is 54.0 Å². The lowest BCUT2D eigenvalue weighted by atomic mass is 10.1. The zero-order chi connectivity index (χ0) is 21.6. The summed E-state index contributed by atoms with van der Waals surface area (Å²) in [6, 6.07) is 10.6. The molecule has 0 saturated carbocycles. The van der Waals surface area contributed by atoms with Gasteiger partial charge in [-0.1, -0.05) is 23.4 Å². The van der Waals surface area contributed by atoms with Crippen molar-refractivity contribution < 1.29 is 28.3 Å². The lowest BCUT2D eigenvalue weighted by Crippen LogP contribution is -2.49. The van der Waals surface area contributed by atoms with Crippen molar-refractivity contribution in [1.82, 2.24) is 15.0 Å². The molecule has 1 aliphatic heterocycles. The van der Waals surface area contributed by atoms with Gasteiger partial charge in [-0.2, -0.15) is 0 Å². The van der Waals surface area contributed by atoms with Crippen LogP contribution >= 0.6 is 0 Å². The Balaban J connectivity index is 1.42. The number of ether oxygens (including phenoxy) is 3. The van der Waals surface area contributed by atoms with Crippen LogP contribution in [-0.4, -0.2) is 59.3 Å². The molecule has 0 spiro atoms. The summed E-state index contributed by atoms with van der Waals surface area (Å²) < 4.78 is 21.6. The van der Waals surface area contributed by atoms with Gasteiger partial charge in [0.2, 0.25) is 0 Å². The highest BCUT2D eigenvalue weighted by molar-refractivity contribution is 5.93. The molecule has 1 aromatic carbocycles. The van der Waals surface area contributed by atoms with Crippen molar-refractivity contribution in [3.63, 3.8) is 0 Å². The maximum absolute atomic E-state index is 13.0. The number of morpholine rings is 1. The zero-order valence-electron chi connectivity index (χ0n) is 17.2. The summed E-state index contributed by atoms with van der Waals surface area (Å²) in [6.07, 6.45) is 1.77. The van der Waals surface area contributed by atoms with Gasteiger partial charge >= 0.3 is 5.97 Å². The Morgan fingerprint density at radius 1 is 1.26 bits per heavy atom. The minimum atomic E-state index is -0.404. The first-order valence-electron chi connectivity index (χ1n) is 10.1. The highest BCUT2D eigenvalue weighted by atomic mass is 16.5. The average Bonchev–Trinajstić information content (AvgIpc) is 3.27. The number of aromatic nitrogens is 2. The topological polar surface area (TPSA) is 104 Å². The summed E-state index contributed by atoms with van der Waals surface area (Å²) >= 11 is 0. The number of carbonyl (C=O) groups excluding carboxylic acids is 2. The van der Waals surface area contributed by atoms with E-state index in [-0.39, 0.29) is 37.2 Å². The number of para-hydroxylation sites is 1. The minimum Gasteiger partial charge on any atom is -0.483 e. The van der Waals surface area contributed by atoms with Crippen molar-refractivity contribution in [1.29, 1.82) is 0 Å². The van der Waals surface area contributed by atoms with Gasteiger partial charge in [-0.05, 0) is 19.1 Å². The van der Waals surface area contributed by atoms with Crippen molar-refractivity contribution >= 4 is 22.8 Å². The van der Waals surface area contributed by atoms with E-state index in [9.17, 15) is 9.59 Å². The number of hydrogen-bond acceptors (Lipinski definition) is 8. The molecule has 0 aliphatic carbocycles. The van der Waals surface area contributed by atoms with Crippen LogP contribution in [0.4, 0.5) is 0 Å². The maximum Gasteiger partial charge on any atom is 0.307 e. The van der Waals surface area contributed by atoms with E-state index in [1.54, 1.807) is 24.1 Å². The number of esters is 1. The van der Waals surface area contributed by atoms with Crippen LogP contribution in [0.25, 0.3) is 10.9 Å². The largest absolute Gasteiger partial charge is 0.483 e. The predicted octanol–water partition coefficient (Wildman–Crippen LogP) is 2.60. The van der Waals surface area contributed by atoms with Crippen molar-refractivity contribution in [2.75, 3.05) is 26.4 Å². The summed E-state index contributed by atoms with van der Waals surface area (Å²) in [5, 5.41) is 4.86. The first-order chi connectivity index (χ1) is 15.2. The van der Waals surface area contributed by atoms with Gasteiger partial charge in [-0.25, -0.2) is 0 Å². The molecule has 1 aliphatic rings. The lowest BCUT2D eigenvalue weighted by molar-refractivity contribution is -0.145. The maximum atomic E-state index is 13.0. The van der Waals surface area contributed by atoms with Gasteiger partial charge in [-0.3, -0.25) is 14.6 Å². The molecule has 3 heterocycles. The second-order valence-corrected chi connectivity index (χ2v) is 7.03. The number of nitrogens with zero attached hydrogens (tertiary/aromatic N) is 3. The lowest BCUT2D eigenvalue weighted by Gasteiger charge is -2.34. The van der Waals surface area contributed by atoms with Gasteiger partial charge in [0.15, 0.2) is 11.5 Å². The van der Waals surface area contributed by atoms with E-state index in [0.29, 0.717) is 31.3 Å². The van der Waals surface area contributed by atoms with E-state index in [0.717, 1.165) is 10.9 Å². The number of carbonyl (C=O) groups is 2. The van der Waals surface area contributed by atoms with Crippen LogP contribution in [0.2, 0.25) is 0 Å². The molecular weight excluding hydrogens is 402 g/mol. The van der Waals surface area contributed by atoms with Crippen molar-refractivity contribution in [2.45, 2.75) is 26.0 Å². The van der Waals surface area contributed by atoms with Crippen LogP contribution in [-0.2, 0) is 20.9 Å². The van der Waals surface area contributed by atoms with Gasteiger partial charge in [0, 0.05) is 24.2 Å². The number of hydrogen-bond donors (Lipinski definition) is 0. The fourth-order valence-electron chi connectivity index (χ4n) is 3.47. The monoisotopic (exact) mass is 425 g/mol. The SMILES string of the molecule is CCOC(=O)C[C@H]1COCCN1C(=O)c1cc(COc2cccc3cccnc23)on1. The van der Waals surface area contributed by atoms with Crippen LogP contribution in [0.1, 0.15) is 29.6 Å². The van der Waals surface area contributed by atoms with Gasteiger partial charge < -0.3 is 23.6 Å². The number of fused-ring (bicyclic) bond motifs is 1. The third-order valence-electron chi connectivity index (χ3n) is 4.94. The first kappa shape index (κ1) is 20.8. The molecule has 0 unspecified atom stereocenters. The molecule has 4 rings (SSSR count). The molecule has 0 bridgehead atoms. The fraction of sp³-hybridized carbons (Fsp3) is 0.364. The summed E-state index contributed by atoms with van der Waals surface area (Å²) in [7, 11) is 0. The molecule has 3 aromatic rings.